The van der Waals surface area contributed by atoms with Crippen LogP contribution in [0.4, 0.5) is 13.2 Å². The molecule has 0 aliphatic heterocycles. The molecule has 2 aromatic carbocycles. The van der Waals surface area contributed by atoms with E-state index in [1.54, 1.807) is 18.2 Å². The standard InChI is InChI=1S/C21H16ClF3N2O3/c1-13-9-16(5-7-18(13)22)29-12-20(28)27-26-11-17-6-8-19(30-17)14-3-2-4-15(10-14)21(23,24)25/h2-11H,12H2,1H3,(H,27,28)/b26-11+. The molecule has 0 fully saturated rings. The fraction of sp³-hybridized carbons (Fsp3) is 0.143. The molecule has 0 bridgehead atoms. The van der Waals surface area contributed by atoms with Crippen LogP contribution in [0.5, 0.6) is 5.75 Å². The number of furan rings is 1. The number of benzene rings is 2. The number of alkyl halides is 3. The van der Waals surface area contributed by atoms with E-state index in [-0.39, 0.29) is 23.7 Å². The van der Waals surface area contributed by atoms with Crippen molar-refractivity contribution in [1.29, 1.82) is 0 Å². The van der Waals surface area contributed by atoms with Gasteiger partial charge in [-0.25, -0.2) is 5.43 Å². The summed E-state index contributed by atoms with van der Waals surface area (Å²) in [7, 11) is 0. The van der Waals surface area contributed by atoms with Crippen LogP contribution in [0, 0.1) is 6.92 Å². The smallest absolute Gasteiger partial charge is 0.416 e. The van der Waals surface area contributed by atoms with E-state index in [0.717, 1.165) is 17.7 Å². The maximum atomic E-state index is 12.8. The quantitative estimate of drug-likeness (QED) is 0.412. The highest BCUT2D eigenvalue weighted by Gasteiger charge is 2.30. The van der Waals surface area contributed by atoms with Crippen LogP contribution in [0.3, 0.4) is 0 Å². The van der Waals surface area contributed by atoms with Gasteiger partial charge >= 0.3 is 6.18 Å². The number of ether oxygens (including phenoxy) is 1. The van der Waals surface area contributed by atoms with Gasteiger partial charge in [-0.3, -0.25) is 4.79 Å². The zero-order valence-electron chi connectivity index (χ0n) is 15.7. The molecule has 0 radical (unpaired) electrons. The molecule has 0 atom stereocenters. The van der Waals surface area contributed by atoms with E-state index in [1.165, 1.54) is 30.5 Å². The Balaban J connectivity index is 1.55. The van der Waals surface area contributed by atoms with Crippen LogP contribution in [0.25, 0.3) is 11.3 Å². The molecule has 30 heavy (non-hydrogen) atoms. The summed E-state index contributed by atoms with van der Waals surface area (Å²) in [6, 6.07) is 12.9. The average molecular weight is 437 g/mol. The molecule has 3 aromatic rings. The monoisotopic (exact) mass is 436 g/mol. The summed E-state index contributed by atoms with van der Waals surface area (Å²) in [6.07, 6.45) is -3.20. The summed E-state index contributed by atoms with van der Waals surface area (Å²) in [6.45, 7) is 1.56. The zero-order chi connectivity index (χ0) is 21.7. The highest BCUT2D eigenvalue weighted by molar-refractivity contribution is 6.31. The highest BCUT2D eigenvalue weighted by atomic mass is 35.5. The van der Waals surface area contributed by atoms with E-state index in [9.17, 15) is 18.0 Å². The topological polar surface area (TPSA) is 63.8 Å². The lowest BCUT2D eigenvalue weighted by atomic mass is 10.1. The van der Waals surface area contributed by atoms with Crippen LogP contribution in [-0.2, 0) is 11.0 Å². The van der Waals surface area contributed by atoms with Gasteiger partial charge in [0.15, 0.2) is 6.61 Å². The number of hydrogen-bond donors (Lipinski definition) is 1. The van der Waals surface area contributed by atoms with Crippen molar-refractivity contribution in [2.45, 2.75) is 13.1 Å². The molecule has 3 rings (SSSR count). The number of carbonyl (C=O) groups is 1. The lowest BCUT2D eigenvalue weighted by Gasteiger charge is -2.07. The fourth-order valence-corrected chi connectivity index (χ4v) is 2.60. The molecule has 0 aliphatic carbocycles. The van der Waals surface area contributed by atoms with E-state index in [2.05, 4.69) is 10.5 Å². The predicted octanol–water partition coefficient (Wildman–Crippen LogP) is 5.46. The molecule has 1 heterocycles. The van der Waals surface area contributed by atoms with Gasteiger partial charge in [-0.1, -0.05) is 23.7 Å². The summed E-state index contributed by atoms with van der Waals surface area (Å²) < 4.78 is 49.3. The second-order valence-corrected chi connectivity index (χ2v) is 6.68. The molecule has 0 unspecified atom stereocenters. The molecular weight excluding hydrogens is 421 g/mol. The van der Waals surface area contributed by atoms with Gasteiger partial charge in [-0.15, -0.1) is 0 Å². The Hall–Kier alpha value is -3.26. The minimum atomic E-state index is -4.44. The third kappa shape index (κ3) is 5.64. The van der Waals surface area contributed by atoms with Crippen LogP contribution in [-0.4, -0.2) is 18.7 Å². The number of nitrogens with zero attached hydrogens (tertiary/aromatic N) is 1. The van der Waals surface area contributed by atoms with Crippen molar-refractivity contribution in [3.63, 3.8) is 0 Å². The molecule has 0 saturated heterocycles. The molecular formula is C21H16ClF3N2O3. The van der Waals surface area contributed by atoms with Gasteiger partial charge < -0.3 is 9.15 Å². The Kier molecular flexibility index (Phi) is 6.47. The number of nitrogens with one attached hydrogen (secondary N) is 1. The average Bonchev–Trinajstić information content (AvgIpc) is 3.17. The molecule has 0 spiro atoms. The lowest BCUT2D eigenvalue weighted by Crippen LogP contribution is -2.24. The SMILES string of the molecule is Cc1cc(OCC(=O)N/N=C/c2ccc(-c3cccc(C(F)(F)F)c3)o2)ccc1Cl. The molecule has 1 N–H and O–H groups in total. The van der Waals surface area contributed by atoms with E-state index < -0.39 is 17.6 Å². The second kappa shape index (κ2) is 9.04. The molecule has 5 nitrogen and oxygen atoms in total. The number of rotatable bonds is 6. The van der Waals surface area contributed by atoms with Gasteiger partial charge in [-0.05, 0) is 55.0 Å². The van der Waals surface area contributed by atoms with Crippen molar-refractivity contribution in [2.75, 3.05) is 6.61 Å². The maximum Gasteiger partial charge on any atom is 0.416 e. The third-order valence-corrected chi connectivity index (χ3v) is 4.41. The Morgan fingerprint density at radius 2 is 2.00 bits per heavy atom. The van der Waals surface area contributed by atoms with Crippen LogP contribution < -0.4 is 10.2 Å². The summed E-state index contributed by atoms with van der Waals surface area (Å²) in [4.78, 5) is 11.8. The van der Waals surface area contributed by atoms with Crippen molar-refractivity contribution in [1.82, 2.24) is 5.43 Å². The number of carbonyl (C=O) groups excluding carboxylic acids is 1. The van der Waals surface area contributed by atoms with Crippen LogP contribution in [0.1, 0.15) is 16.9 Å². The Morgan fingerprint density at radius 3 is 2.73 bits per heavy atom. The Bertz CT molecular complexity index is 1080. The molecule has 0 saturated carbocycles. The number of aryl methyl sites for hydroxylation is 1. The van der Waals surface area contributed by atoms with Gasteiger partial charge in [-0.2, -0.15) is 18.3 Å². The first-order valence-corrected chi connectivity index (χ1v) is 9.08. The van der Waals surface area contributed by atoms with Crippen LogP contribution >= 0.6 is 11.6 Å². The zero-order valence-corrected chi connectivity index (χ0v) is 16.4. The Labute approximate surface area is 175 Å². The fourth-order valence-electron chi connectivity index (χ4n) is 2.48. The molecule has 0 aliphatic rings. The van der Waals surface area contributed by atoms with Gasteiger partial charge in [0.2, 0.25) is 0 Å². The van der Waals surface area contributed by atoms with E-state index in [0.29, 0.717) is 10.8 Å². The van der Waals surface area contributed by atoms with Gasteiger partial charge in [0.25, 0.3) is 5.91 Å². The largest absolute Gasteiger partial charge is 0.484 e. The molecule has 156 valence electrons. The summed E-state index contributed by atoms with van der Waals surface area (Å²) in [5, 5.41) is 4.35. The van der Waals surface area contributed by atoms with E-state index in [4.69, 9.17) is 20.8 Å². The van der Waals surface area contributed by atoms with Crippen molar-refractivity contribution in [2.24, 2.45) is 5.10 Å². The highest BCUT2D eigenvalue weighted by Crippen LogP contribution is 2.32. The van der Waals surface area contributed by atoms with Gasteiger partial charge in [0.1, 0.15) is 17.3 Å². The summed E-state index contributed by atoms with van der Waals surface area (Å²) in [5.74, 6) is 0.503. The molecule has 1 amide bonds. The molecule has 1 aromatic heterocycles. The lowest BCUT2D eigenvalue weighted by molar-refractivity contribution is -0.137. The number of hydrogen-bond acceptors (Lipinski definition) is 4. The summed E-state index contributed by atoms with van der Waals surface area (Å²) >= 11 is 5.93. The maximum absolute atomic E-state index is 12.8. The van der Waals surface area contributed by atoms with Crippen molar-refractivity contribution < 1.29 is 27.1 Å². The predicted molar refractivity (Wildman–Crippen MR) is 107 cm³/mol. The van der Waals surface area contributed by atoms with Crippen LogP contribution in [0.2, 0.25) is 5.02 Å². The van der Waals surface area contributed by atoms with E-state index >= 15 is 0 Å². The van der Waals surface area contributed by atoms with E-state index in [1.807, 2.05) is 6.92 Å². The van der Waals surface area contributed by atoms with Crippen LogP contribution in [0.15, 0.2) is 64.1 Å². The third-order valence-electron chi connectivity index (χ3n) is 3.98. The second-order valence-electron chi connectivity index (χ2n) is 6.27. The number of amides is 1. The first kappa shape index (κ1) is 21.4. The first-order chi connectivity index (χ1) is 14.2. The first-order valence-electron chi connectivity index (χ1n) is 8.71. The Morgan fingerprint density at radius 1 is 1.20 bits per heavy atom. The van der Waals surface area contributed by atoms with Crippen molar-refractivity contribution in [3.05, 3.63) is 76.5 Å². The van der Waals surface area contributed by atoms with Crippen molar-refractivity contribution >= 4 is 23.7 Å². The summed E-state index contributed by atoms with van der Waals surface area (Å²) in [5.41, 5.74) is 2.61. The van der Waals surface area contributed by atoms with Crippen molar-refractivity contribution in [3.8, 4) is 17.1 Å². The van der Waals surface area contributed by atoms with Gasteiger partial charge in [0.05, 0.1) is 11.8 Å². The molecule has 9 heteroatoms. The number of halogens is 4. The normalized spacial score (nSPS) is 11.6. The minimum Gasteiger partial charge on any atom is -0.484 e. The number of hydrazone groups is 1. The van der Waals surface area contributed by atoms with Gasteiger partial charge in [0, 0.05) is 10.6 Å². The minimum absolute atomic E-state index is 0.246.